The minimum absolute atomic E-state index is 0.0978. The standard InChI is InChI=1S/C17H18N8O4S/c1-10-8-11(2)24(21-10)15-19-20-16(23(15)18)30-7-3-6-22-13-9-12(25(27)28)4-5-14(13)29-17(22)26/h4-5,8-9H,3,6-7,18H2,1-2H3. The topological polar surface area (TPSA) is 153 Å². The van der Waals surface area contributed by atoms with E-state index in [0.29, 0.717) is 40.9 Å². The molecule has 0 saturated heterocycles. The lowest BCUT2D eigenvalue weighted by Gasteiger charge is -2.05. The number of nitrogens with two attached hydrogens (primary N) is 1. The second-order valence-corrected chi connectivity index (χ2v) is 7.68. The summed E-state index contributed by atoms with van der Waals surface area (Å²) in [6.45, 7) is 4.12. The number of thioether (sulfide) groups is 1. The maximum Gasteiger partial charge on any atom is 0.419 e. The number of rotatable bonds is 7. The van der Waals surface area contributed by atoms with E-state index in [1.807, 2.05) is 19.9 Å². The van der Waals surface area contributed by atoms with Crippen molar-refractivity contribution in [1.82, 2.24) is 29.2 Å². The van der Waals surface area contributed by atoms with Gasteiger partial charge in [-0.15, -0.1) is 10.2 Å². The third-order valence-electron chi connectivity index (χ3n) is 4.46. The molecule has 0 amide bonds. The van der Waals surface area contributed by atoms with Gasteiger partial charge in [0.15, 0.2) is 5.58 Å². The number of benzene rings is 1. The molecule has 0 atom stereocenters. The average Bonchev–Trinajstić information content (AvgIpc) is 3.33. The second kappa shape index (κ2) is 7.67. The van der Waals surface area contributed by atoms with Gasteiger partial charge in [0, 0.05) is 30.1 Å². The molecule has 0 spiro atoms. The van der Waals surface area contributed by atoms with Gasteiger partial charge in [-0.1, -0.05) is 11.8 Å². The molecule has 0 fully saturated rings. The number of non-ortho nitro benzene ring substituents is 1. The van der Waals surface area contributed by atoms with E-state index in [1.165, 1.54) is 39.2 Å². The van der Waals surface area contributed by atoms with Crippen molar-refractivity contribution in [1.29, 1.82) is 0 Å². The van der Waals surface area contributed by atoms with E-state index in [2.05, 4.69) is 15.3 Å². The molecule has 156 valence electrons. The Morgan fingerprint density at radius 1 is 1.27 bits per heavy atom. The number of nitrogen functional groups attached to an aromatic ring is 1. The van der Waals surface area contributed by atoms with E-state index >= 15 is 0 Å². The molecule has 3 aromatic heterocycles. The molecule has 30 heavy (non-hydrogen) atoms. The Morgan fingerprint density at radius 3 is 2.77 bits per heavy atom. The molecule has 0 unspecified atom stereocenters. The zero-order valence-electron chi connectivity index (χ0n) is 16.2. The third kappa shape index (κ3) is 3.54. The average molecular weight is 430 g/mol. The fraction of sp³-hybridized carbons (Fsp3) is 0.294. The Kier molecular flexibility index (Phi) is 5.03. The molecule has 1 aromatic carbocycles. The Labute approximate surface area is 173 Å². The van der Waals surface area contributed by atoms with Crippen LogP contribution in [-0.4, -0.2) is 39.9 Å². The van der Waals surface area contributed by atoms with Gasteiger partial charge < -0.3 is 10.3 Å². The second-order valence-electron chi connectivity index (χ2n) is 6.62. The Balaban J connectivity index is 1.44. The highest BCUT2D eigenvalue weighted by Crippen LogP contribution is 2.22. The van der Waals surface area contributed by atoms with Gasteiger partial charge in [-0.3, -0.25) is 14.7 Å². The Hall–Kier alpha value is -3.61. The molecule has 4 rings (SSSR count). The summed E-state index contributed by atoms with van der Waals surface area (Å²) in [5, 5.41) is 24.1. The van der Waals surface area contributed by atoms with Crippen LogP contribution in [0.5, 0.6) is 0 Å². The number of oxazole rings is 1. The first kappa shape index (κ1) is 19.7. The molecule has 0 saturated carbocycles. The number of aryl methyl sites for hydroxylation is 3. The van der Waals surface area contributed by atoms with E-state index in [0.717, 1.165) is 11.4 Å². The van der Waals surface area contributed by atoms with Crippen LogP contribution in [0.15, 0.2) is 38.6 Å². The smallest absolute Gasteiger partial charge is 0.408 e. The third-order valence-corrected chi connectivity index (χ3v) is 5.49. The van der Waals surface area contributed by atoms with Gasteiger partial charge in [-0.2, -0.15) is 5.10 Å². The summed E-state index contributed by atoms with van der Waals surface area (Å²) in [4.78, 5) is 22.6. The normalized spacial score (nSPS) is 11.4. The van der Waals surface area contributed by atoms with E-state index in [1.54, 1.807) is 4.68 Å². The van der Waals surface area contributed by atoms with Crippen molar-refractivity contribution in [2.75, 3.05) is 11.6 Å². The summed E-state index contributed by atoms with van der Waals surface area (Å²) in [6.07, 6.45) is 0.587. The molecule has 4 aromatic rings. The minimum atomic E-state index is -0.552. The molecular weight excluding hydrogens is 412 g/mol. The van der Waals surface area contributed by atoms with Crippen molar-refractivity contribution in [3.8, 4) is 5.95 Å². The van der Waals surface area contributed by atoms with Crippen molar-refractivity contribution < 1.29 is 9.34 Å². The number of hydrogen-bond donors (Lipinski definition) is 1. The monoisotopic (exact) mass is 430 g/mol. The lowest BCUT2D eigenvalue weighted by Crippen LogP contribution is -2.17. The SMILES string of the molecule is Cc1cc(C)n(-c2nnc(SCCCn3c(=O)oc4ccc([N+](=O)[O-])cc43)n2N)n1. The molecule has 0 aliphatic heterocycles. The molecule has 3 heterocycles. The van der Waals surface area contributed by atoms with Crippen molar-refractivity contribution in [2.24, 2.45) is 0 Å². The molecule has 13 heteroatoms. The quantitative estimate of drug-likeness (QED) is 0.152. The molecule has 2 N–H and O–H groups in total. The van der Waals surface area contributed by atoms with E-state index in [-0.39, 0.29) is 5.69 Å². The largest absolute Gasteiger partial charge is 0.419 e. The first-order valence-corrected chi connectivity index (χ1v) is 9.98. The minimum Gasteiger partial charge on any atom is -0.408 e. The highest BCUT2D eigenvalue weighted by molar-refractivity contribution is 7.99. The summed E-state index contributed by atoms with van der Waals surface area (Å²) in [6, 6.07) is 5.99. The highest BCUT2D eigenvalue weighted by Gasteiger charge is 2.16. The molecule has 0 aliphatic carbocycles. The van der Waals surface area contributed by atoms with E-state index in [9.17, 15) is 14.9 Å². The van der Waals surface area contributed by atoms with Gasteiger partial charge in [-0.05, 0) is 32.4 Å². The van der Waals surface area contributed by atoms with Crippen LogP contribution in [0.2, 0.25) is 0 Å². The summed E-state index contributed by atoms with van der Waals surface area (Å²) in [7, 11) is 0. The predicted octanol–water partition coefficient (Wildman–Crippen LogP) is 1.79. The Bertz CT molecular complexity index is 1300. The van der Waals surface area contributed by atoms with Crippen LogP contribution in [0.3, 0.4) is 0 Å². The fourth-order valence-corrected chi connectivity index (χ4v) is 3.88. The van der Waals surface area contributed by atoms with Gasteiger partial charge >= 0.3 is 5.76 Å². The lowest BCUT2D eigenvalue weighted by molar-refractivity contribution is -0.384. The zero-order valence-corrected chi connectivity index (χ0v) is 17.0. The van der Waals surface area contributed by atoms with Gasteiger partial charge in [0.1, 0.15) is 0 Å². The summed E-state index contributed by atoms with van der Waals surface area (Å²) < 4.78 is 9.53. The van der Waals surface area contributed by atoms with Crippen molar-refractivity contribution in [3.63, 3.8) is 0 Å². The number of nitro groups is 1. The maximum atomic E-state index is 12.1. The number of aromatic nitrogens is 6. The summed E-state index contributed by atoms with van der Waals surface area (Å²) in [5.74, 6) is 6.57. The van der Waals surface area contributed by atoms with Crippen LogP contribution in [0.1, 0.15) is 17.8 Å². The van der Waals surface area contributed by atoms with Gasteiger partial charge in [0.2, 0.25) is 5.16 Å². The molecular formula is C17H18N8O4S. The number of nitro benzene ring substituents is 1. The van der Waals surface area contributed by atoms with Crippen LogP contribution in [0, 0.1) is 24.0 Å². The van der Waals surface area contributed by atoms with Crippen LogP contribution in [-0.2, 0) is 6.54 Å². The van der Waals surface area contributed by atoms with Crippen molar-refractivity contribution in [2.45, 2.75) is 32.0 Å². The fourth-order valence-electron chi connectivity index (χ4n) is 3.11. The van der Waals surface area contributed by atoms with Crippen LogP contribution in [0.4, 0.5) is 5.69 Å². The summed E-state index contributed by atoms with van der Waals surface area (Å²) in [5.41, 5.74) is 2.35. The number of fused-ring (bicyclic) bond motifs is 1. The van der Waals surface area contributed by atoms with Gasteiger partial charge in [-0.25, -0.2) is 14.2 Å². The first-order valence-electron chi connectivity index (χ1n) is 9.00. The van der Waals surface area contributed by atoms with Crippen LogP contribution >= 0.6 is 11.8 Å². The molecule has 0 aliphatic rings. The Morgan fingerprint density at radius 2 is 2.07 bits per heavy atom. The highest BCUT2D eigenvalue weighted by atomic mass is 32.2. The first-order chi connectivity index (χ1) is 14.3. The zero-order chi connectivity index (χ0) is 21.4. The summed E-state index contributed by atoms with van der Waals surface area (Å²) >= 11 is 1.39. The molecule has 0 bridgehead atoms. The van der Waals surface area contributed by atoms with Crippen LogP contribution in [0.25, 0.3) is 17.0 Å². The lowest BCUT2D eigenvalue weighted by atomic mass is 10.3. The van der Waals surface area contributed by atoms with E-state index in [4.69, 9.17) is 10.3 Å². The number of nitrogens with zero attached hydrogens (tertiary/aromatic N) is 7. The van der Waals surface area contributed by atoms with E-state index < -0.39 is 10.7 Å². The molecule has 0 radical (unpaired) electrons. The van der Waals surface area contributed by atoms with Crippen molar-refractivity contribution >= 4 is 28.5 Å². The molecule has 12 nitrogen and oxygen atoms in total. The van der Waals surface area contributed by atoms with Gasteiger partial charge in [0.25, 0.3) is 11.6 Å². The maximum absolute atomic E-state index is 12.1. The number of hydrogen-bond acceptors (Lipinski definition) is 9. The van der Waals surface area contributed by atoms with Crippen LogP contribution < -0.4 is 11.6 Å². The predicted molar refractivity (Wildman–Crippen MR) is 109 cm³/mol. The van der Waals surface area contributed by atoms with Gasteiger partial charge in [0.05, 0.1) is 16.1 Å². The van der Waals surface area contributed by atoms with Crippen molar-refractivity contribution in [3.05, 3.63) is 56.3 Å².